The molecule has 9 heteroatoms. The third kappa shape index (κ3) is 12.4. The van der Waals surface area contributed by atoms with E-state index >= 15 is 0 Å². The van der Waals surface area contributed by atoms with Crippen LogP contribution in [0.4, 0.5) is 15.0 Å². The standard InChI is InChI=1S/C30H52FN3O5/c1-20(2)10-7-11-21(3)12-8-13-22(4)14-9-15-23(5)16-17-38-30(37)33-28-25(31)19-34(29(36)32-28)27-18-26(35)24(6)39-27/h19-24,26-27,35H,7-18H2,1-6H3,(H,32,33,36,37). The number of carbonyl (C=O) groups is 1. The van der Waals surface area contributed by atoms with E-state index in [1.54, 1.807) is 6.92 Å². The van der Waals surface area contributed by atoms with Gasteiger partial charge in [-0.2, -0.15) is 4.98 Å². The van der Waals surface area contributed by atoms with Gasteiger partial charge in [-0.15, -0.1) is 0 Å². The molecule has 224 valence electrons. The molecule has 0 spiro atoms. The fourth-order valence-corrected chi connectivity index (χ4v) is 5.13. The number of nitrogens with one attached hydrogen (secondary N) is 1. The van der Waals surface area contributed by atoms with Crippen LogP contribution < -0.4 is 11.0 Å². The molecule has 2 N–H and O–H groups in total. The first-order chi connectivity index (χ1) is 18.5. The van der Waals surface area contributed by atoms with E-state index in [0.717, 1.165) is 41.4 Å². The highest BCUT2D eigenvalue weighted by Crippen LogP contribution is 2.28. The molecule has 8 nitrogen and oxygen atoms in total. The predicted molar refractivity (Wildman–Crippen MR) is 152 cm³/mol. The summed E-state index contributed by atoms with van der Waals surface area (Å²) in [5.41, 5.74) is -0.781. The summed E-state index contributed by atoms with van der Waals surface area (Å²) in [5, 5.41) is 12.0. The largest absolute Gasteiger partial charge is 0.449 e. The molecule has 0 bridgehead atoms. The Morgan fingerprint density at radius 2 is 1.59 bits per heavy atom. The first-order valence-corrected chi connectivity index (χ1v) is 15.0. The van der Waals surface area contributed by atoms with Crippen molar-refractivity contribution in [3.63, 3.8) is 0 Å². The van der Waals surface area contributed by atoms with Crippen LogP contribution in [0.2, 0.25) is 0 Å². The Morgan fingerprint density at radius 1 is 1.05 bits per heavy atom. The number of hydrogen-bond donors (Lipinski definition) is 2. The van der Waals surface area contributed by atoms with Crippen molar-refractivity contribution < 1.29 is 23.8 Å². The zero-order chi connectivity index (χ0) is 28.9. The Morgan fingerprint density at radius 3 is 2.10 bits per heavy atom. The van der Waals surface area contributed by atoms with Crippen molar-refractivity contribution >= 4 is 11.9 Å². The Labute approximate surface area is 234 Å². The zero-order valence-corrected chi connectivity index (χ0v) is 25.0. The Bertz CT molecular complexity index is 914. The van der Waals surface area contributed by atoms with Crippen LogP contribution >= 0.6 is 0 Å². The van der Waals surface area contributed by atoms with Crippen molar-refractivity contribution in [2.24, 2.45) is 23.7 Å². The molecular weight excluding hydrogens is 501 g/mol. The monoisotopic (exact) mass is 553 g/mol. The smallest absolute Gasteiger partial charge is 0.412 e. The third-order valence-electron chi connectivity index (χ3n) is 7.90. The van der Waals surface area contributed by atoms with Gasteiger partial charge in [0.1, 0.15) is 6.23 Å². The van der Waals surface area contributed by atoms with Crippen LogP contribution in [0, 0.1) is 29.5 Å². The molecule has 1 amide bonds. The summed E-state index contributed by atoms with van der Waals surface area (Å²) >= 11 is 0. The molecule has 0 radical (unpaired) electrons. The summed E-state index contributed by atoms with van der Waals surface area (Å²) in [6.07, 6.45) is 10.3. The summed E-state index contributed by atoms with van der Waals surface area (Å²) in [6.45, 7) is 13.4. The van der Waals surface area contributed by atoms with Crippen molar-refractivity contribution in [1.29, 1.82) is 0 Å². The van der Waals surface area contributed by atoms with Gasteiger partial charge in [0, 0.05) is 6.42 Å². The molecule has 39 heavy (non-hydrogen) atoms. The number of nitrogens with zero attached hydrogens (tertiary/aromatic N) is 2. The molecule has 6 atom stereocenters. The number of amides is 1. The van der Waals surface area contributed by atoms with Gasteiger partial charge in [0.25, 0.3) is 0 Å². The van der Waals surface area contributed by atoms with E-state index in [4.69, 9.17) is 9.47 Å². The maximum Gasteiger partial charge on any atom is 0.412 e. The molecule has 0 aromatic carbocycles. The Hall–Kier alpha value is -2.00. The number of ether oxygens (including phenoxy) is 2. The maximum absolute atomic E-state index is 14.5. The Kier molecular flexibility index (Phi) is 14.4. The highest BCUT2D eigenvalue weighted by atomic mass is 19.1. The normalized spacial score (nSPS) is 21.6. The van der Waals surface area contributed by atoms with Crippen molar-refractivity contribution in [3.8, 4) is 0 Å². The minimum Gasteiger partial charge on any atom is -0.449 e. The highest BCUT2D eigenvalue weighted by Gasteiger charge is 2.33. The number of aliphatic hydroxyl groups is 1. The maximum atomic E-state index is 14.5. The van der Waals surface area contributed by atoms with Gasteiger partial charge in [-0.05, 0) is 37.0 Å². The van der Waals surface area contributed by atoms with Gasteiger partial charge < -0.3 is 14.6 Å². The van der Waals surface area contributed by atoms with Crippen molar-refractivity contribution in [1.82, 2.24) is 9.55 Å². The van der Waals surface area contributed by atoms with Crippen LogP contribution in [0.25, 0.3) is 0 Å². The molecule has 0 aliphatic carbocycles. The number of hydrogen-bond acceptors (Lipinski definition) is 6. The zero-order valence-electron chi connectivity index (χ0n) is 25.0. The van der Waals surface area contributed by atoms with Gasteiger partial charge in [0.2, 0.25) is 0 Å². The number of anilines is 1. The summed E-state index contributed by atoms with van der Waals surface area (Å²) in [4.78, 5) is 28.0. The lowest BCUT2D eigenvalue weighted by atomic mass is 9.91. The van der Waals surface area contributed by atoms with Crippen LogP contribution in [-0.2, 0) is 9.47 Å². The summed E-state index contributed by atoms with van der Waals surface area (Å²) in [5.74, 6) is 1.40. The SMILES string of the molecule is CC(C)CCCC(C)CCCC(C)CCCC(C)CCOC(=O)Nc1nc(=O)n(C2CC(O)C(C)O2)cc1F. The van der Waals surface area contributed by atoms with Gasteiger partial charge in [-0.3, -0.25) is 9.88 Å². The fraction of sp³-hybridized carbons (Fsp3) is 0.833. The van der Waals surface area contributed by atoms with Gasteiger partial charge in [-0.1, -0.05) is 92.4 Å². The first-order valence-electron chi connectivity index (χ1n) is 15.0. The number of rotatable bonds is 17. The minimum absolute atomic E-state index is 0.159. The molecule has 1 aliphatic heterocycles. The quantitative estimate of drug-likeness (QED) is 0.214. The number of halogens is 1. The molecule has 2 rings (SSSR count). The highest BCUT2D eigenvalue weighted by molar-refractivity contribution is 5.83. The van der Waals surface area contributed by atoms with Gasteiger partial charge >= 0.3 is 11.8 Å². The van der Waals surface area contributed by atoms with Crippen LogP contribution in [0.3, 0.4) is 0 Å². The van der Waals surface area contributed by atoms with Crippen LogP contribution in [0.1, 0.15) is 118 Å². The molecule has 2 heterocycles. The fourth-order valence-electron chi connectivity index (χ4n) is 5.13. The van der Waals surface area contributed by atoms with Gasteiger partial charge in [-0.25, -0.2) is 14.0 Å². The van der Waals surface area contributed by atoms with Crippen LogP contribution in [-0.4, -0.2) is 39.6 Å². The lowest BCUT2D eigenvalue weighted by molar-refractivity contribution is -0.0104. The topological polar surface area (TPSA) is 103 Å². The second-order valence-corrected chi connectivity index (χ2v) is 12.3. The molecule has 1 aliphatic rings. The summed E-state index contributed by atoms with van der Waals surface area (Å²) in [7, 11) is 0. The summed E-state index contributed by atoms with van der Waals surface area (Å²) in [6, 6.07) is 0. The second-order valence-electron chi connectivity index (χ2n) is 12.3. The molecule has 6 unspecified atom stereocenters. The Balaban J connectivity index is 1.60. The van der Waals surface area contributed by atoms with E-state index in [1.165, 1.54) is 44.9 Å². The van der Waals surface area contributed by atoms with E-state index in [1.807, 2.05) is 0 Å². The molecule has 0 saturated carbocycles. The minimum atomic E-state index is -0.882. The van der Waals surface area contributed by atoms with E-state index in [2.05, 4.69) is 44.9 Å². The first kappa shape index (κ1) is 33.2. The van der Waals surface area contributed by atoms with Gasteiger partial charge in [0.15, 0.2) is 11.6 Å². The van der Waals surface area contributed by atoms with E-state index in [9.17, 15) is 19.1 Å². The van der Waals surface area contributed by atoms with Crippen LogP contribution in [0.15, 0.2) is 11.0 Å². The van der Waals surface area contributed by atoms with Crippen molar-refractivity contribution in [2.45, 2.75) is 131 Å². The lowest BCUT2D eigenvalue weighted by Crippen LogP contribution is -2.29. The van der Waals surface area contributed by atoms with Crippen LogP contribution in [0.5, 0.6) is 0 Å². The number of carbonyl (C=O) groups excluding carboxylic acids is 1. The van der Waals surface area contributed by atoms with Crippen molar-refractivity contribution in [2.75, 3.05) is 11.9 Å². The van der Waals surface area contributed by atoms with E-state index < -0.39 is 41.9 Å². The number of aliphatic hydroxyl groups excluding tert-OH is 1. The molecule has 1 fully saturated rings. The van der Waals surface area contributed by atoms with Gasteiger partial charge in [0.05, 0.1) is 25.0 Å². The molecule has 1 aromatic heterocycles. The molecular formula is C30H52FN3O5. The average molecular weight is 554 g/mol. The van der Waals surface area contributed by atoms with Crippen molar-refractivity contribution in [3.05, 3.63) is 22.5 Å². The van der Waals surface area contributed by atoms with E-state index in [-0.39, 0.29) is 13.0 Å². The average Bonchev–Trinajstić information content (AvgIpc) is 3.18. The predicted octanol–water partition coefficient (Wildman–Crippen LogP) is 7.06. The third-order valence-corrected chi connectivity index (χ3v) is 7.90. The second kappa shape index (κ2) is 17.0. The van der Waals surface area contributed by atoms with E-state index in [0.29, 0.717) is 12.3 Å². The summed E-state index contributed by atoms with van der Waals surface area (Å²) < 4.78 is 26.1. The lowest BCUT2D eigenvalue weighted by Gasteiger charge is -2.16. The molecule has 1 saturated heterocycles. The number of aromatic nitrogens is 2. The molecule has 1 aromatic rings.